The van der Waals surface area contributed by atoms with Crippen LogP contribution in [0.25, 0.3) is 0 Å². The van der Waals surface area contributed by atoms with Crippen molar-refractivity contribution >= 4 is 5.91 Å². The van der Waals surface area contributed by atoms with Crippen molar-refractivity contribution in [3.05, 3.63) is 0 Å². The van der Waals surface area contributed by atoms with Crippen molar-refractivity contribution in [1.29, 1.82) is 0 Å². The Kier molecular flexibility index (Phi) is 7.34. The maximum absolute atomic E-state index is 12.4. The fourth-order valence-corrected chi connectivity index (χ4v) is 2.35. The van der Waals surface area contributed by atoms with Gasteiger partial charge in [-0.25, -0.2) is 0 Å². The normalized spacial score (nSPS) is 23.0. The first-order chi connectivity index (χ1) is 9.06. The highest BCUT2D eigenvalue weighted by atomic mass is 16.5. The Bertz CT molecular complexity index is 271. The van der Waals surface area contributed by atoms with E-state index in [4.69, 9.17) is 4.74 Å². The Morgan fingerprint density at radius 2 is 2.00 bits per heavy atom. The van der Waals surface area contributed by atoms with E-state index in [1.54, 1.807) is 0 Å². The van der Waals surface area contributed by atoms with Crippen molar-refractivity contribution in [2.45, 2.75) is 25.8 Å². The zero-order valence-electron chi connectivity index (χ0n) is 12.8. The van der Waals surface area contributed by atoms with E-state index in [0.717, 1.165) is 32.5 Å². The van der Waals surface area contributed by atoms with Crippen LogP contribution in [0.5, 0.6) is 0 Å². The Morgan fingerprint density at radius 3 is 2.63 bits per heavy atom. The molecule has 0 aromatic carbocycles. The maximum atomic E-state index is 12.4. The lowest BCUT2D eigenvalue weighted by Crippen LogP contribution is -2.45. The highest BCUT2D eigenvalue weighted by Gasteiger charge is 2.35. The summed E-state index contributed by atoms with van der Waals surface area (Å²) in [6.45, 7) is 6.11. The van der Waals surface area contributed by atoms with E-state index in [1.807, 2.05) is 11.9 Å². The van der Waals surface area contributed by atoms with E-state index in [-0.39, 0.29) is 17.9 Å². The van der Waals surface area contributed by atoms with Gasteiger partial charge in [-0.2, -0.15) is 0 Å². The number of nitrogens with one attached hydrogen (secondary N) is 1. The zero-order chi connectivity index (χ0) is 14.3. The monoisotopic (exact) mass is 271 g/mol. The summed E-state index contributed by atoms with van der Waals surface area (Å²) in [6.07, 6.45) is 2.09. The molecule has 1 aliphatic heterocycles. The van der Waals surface area contributed by atoms with Crippen LogP contribution in [0.1, 0.15) is 19.8 Å². The van der Waals surface area contributed by atoms with Gasteiger partial charge in [-0.1, -0.05) is 6.92 Å². The van der Waals surface area contributed by atoms with Gasteiger partial charge in [0.2, 0.25) is 5.91 Å². The molecule has 112 valence electrons. The number of carbonyl (C=O) groups excluding carboxylic acids is 1. The van der Waals surface area contributed by atoms with Gasteiger partial charge in [0.05, 0.1) is 19.1 Å². The summed E-state index contributed by atoms with van der Waals surface area (Å²) in [5.74, 6) is 0.195. The number of rotatable bonds is 8. The summed E-state index contributed by atoms with van der Waals surface area (Å²) in [4.78, 5) is 16.4. The van der Waals surface area contributed by atoms with Crippen LogP contribution in [0.2, 0.25) is 0 Å². The van der Waals surface area contributed by atoms with Crippen LogP contribution in [-0.4, -0.2) is 75.7 Å². The summed E-state index contributed by atoms with van der Waals surface area (Å²) in [7, 11) is 6.00. The first-order valence-electron chi connectivity index (χ1n) is 7.27. The van der Waals surface area contributed by atoms with Gasteiger partial charge in [0.15, 0.2) is 0 Å². The molecule has 0 aromatic rings. The van der Waals surface area contributed by atoms with Gasteiger partial charge in [-0.05, 0) is 40.0 Å². The predicted octanol–water partition coefficient (Wildman–Crippen LogP) is 0.411. The van der Waals surface area contributed by atoms with Crippen molar-refractivity contribution in [1.82, 2.24) is 15.1 Å². The Labute approximate surface area is 117 Å². The summed E-state index contributed by atoms with van der Waals surface area (Å²) >= 11 is 0. The van der Waals surface area contributed by atoms with Crippen molar-refractivity contribution in [2.24, 2.45) is 5.92 Å². The highest BCUT2D eigenvalue weighted by Crippen LogP contribution is 2.16. The van der Waals surface area contributed by atoms with Gasteiger partial charge in [-0.15, -0.1) is 0 Å². The second-order valence-corrected chi connectivity index (χ2v) is 5.62. The van der Waals surface area contributed by atoms with Crippen LogP contribution in [0, 0.1) is 5.92 Å². The third-order valence-electron chi connectivity index (χ3n) is 3.53. The van der Waals surface area contributed by atoms with Crippen molar-refractivity contribution in [3.8, 4) is 0 Å². The molecule has 19 heavy (non-hydrogen) atoms. The minimum absolute atomic E-state index is 0.0177. The number of amides is 1. The molecule has 1 amide bonds. The second-order valence-electron chi connectivity index (χ2n) is 5.62. The topological polar surface area (TPSA) is 44.8 Å². The van der Waals surface area contributed by atoms with Crippen LogP contribution in [0.4, 0.5) is 0 Å². The predicted molar refractivity (Wildman–Crippen MR) is 77.2 cm³/mol. The zero-order valence-corrected chi connectivity index (χ0v) is 12.8. The van der Waals surface area contributed by atoms with Gasteiger partial charge in [0.25, 0.3) is 0 Å². The lowest BCUT2D eigenvalue weighted by atomic mass is 10.0. The molecule has 5 heteroatoms. The van der Waals surface area contributed by atoms with E-state index < -0.39 is 0 Å². The van der Waals surface area contributed by atoms with Gasteiger partial charge >= 0.3 is 0 Å². The van der Waals surface area contributed by atoms with E-state index in [9.17, 15) is 4.79 Å². The van der Waals surface area contributed by atoms with E-state index >= 15 is 0 Å². The molecule has 2 atom stereocenters. The lowest BCUT2D eigenvalue weighted by molar-refractivity contribution is -0.134. The van der Waals surface area contributed by atoms with Crippen molar-refractivity contribution < 1.29 is 9.53 Å². The molecule has 0 radical (unpaired) electrons. The summed E-state index contributed by atoms with van der Waals surface area (Å²) < 4.78 is 5.46. The molecule has 1 rings (SSSR count). The molecule has 0 bridgehead atoms. The minimum Gasteiger partial charge on any atom is -0.379 e. The van der Waals surface area contributed by atoms with E-state index in [0.29, 0.717) is 13.2 Å². The summed E-state index contributed by atoms with van der Waals surface area (Å²) in [5.41, 5.74) is 0. The molecule has 1 saturated heterocycles. The fourth-order valence-electron chi connectivity index (χ4n) is 2.35. The number of ether oxygens (including phenoxy) is 1. The molecule has 2 unspecified atom stereocenters. The summed E-state index contributed by atoms with van der Waals surface area (Å²) in [6, 6.07) is 0.184. The first-order valence-corrected chi connectivity index (χ1v) is 7.27. The third kappa shape index (κ3) is 5.47. The van der Waals surface area contributed by atoms with Crippen LogP contribution >= 0.6 is 0 Å². The molecule has 1 fully saturated rings. The standard InChI is InChI=1S/C14H29N3O2/c1-5-7-15-13-11-19-10-12(13)14(18)17(4)9-6-8-16(2)3/h12-13,15H,5-11H2,1-4H3. The Hall–Kier alpha value is -0.650. The largest absolute Gasteiger partial charge is 0.379 e. The third-order valence-corrected chi connectivity index (χ3v) is 3.53. The van der Waals surface area contributed by atoms with E-state index in [2.05, 4.69) is 31.2 Å². The van der Waals surface area contributed by atoms with Crippen molar-refractivity contribution in [3.63, 3.8) is 0 Å². The van der Waals surface area contributed by atoms with Crippen molar-refractivity contribution in [2.75, 3.05) is 54.0 Å². The molecule has 0 spiro atoms. The smallest absolute Gasteiger partial charge is 0.229 e. The highest BCUT2D eigenvalue weighted by molar-refractivity contribution is 5.79. The molecule has 1 N–H and O–H groups in total. The SMILES string of the molecule is CCCNC1COCC1C(=O)N(C)CCCN(C)C. The van der Waals surface area contributed by atoms with Gasteiger partial charge in [0, 0.05) is 19.6 Å². The quantitative estimate of drug-likeness (QED) is 0.694. The summed E-state index contributed by atoms with van der Waals surface area (Å²) in [5, 5.41) is 3.41. The second kappa shape index (κ2) is 8.51. The number of carbonyl (C=O) groups is 1. The molecule has 1 aliphatic rings. The fraction of sp³-hybridized carbons (Fsp3) is 0.929. The van der Waals surface area contributed by atoms with E-state index in [1.165, 1.54) is 0 Å². The first kappa shape index (κ1) is 16.4. The molecule has 0 aromatic heterocycles. The number of hydrogen-bond acceptors (Lipinski definition) is 4. The molecule has 5 nitrogen and oxygen atoms in total. The van der Waals surface area contributed by atoms with Gasteiger partial charge in [-0.3, -0.25) is 4.79 Å². The van der Waals surface area contributed by atoms with Crippen LogP contribution in [-0.2, 0) is 9.53 Å². The van der Waals surface area contributed by atoms with Gasteiger partial charge in [0.1, 0.15) is 0 Å². The average molecular weight is 271 g/mol. The molecule has 1 heterocycles. The minimum atomic E-state index is -0.0177. The lowest BCUT2D eigenvalue weighted by Gasteiger charge is -2.25. The average Bonchev–Trinajstić information content (AvgIpc) is 2.82. The van der Waals surface area contributed by atoms with Crippen LogP contribution < -0.4 is 5.32 Å². The number of hydrogen-bond donors (Lipinski definition) is 1. The number of nitrogens with zero attached hydrogens (tertiary/aromatic N) is 2. The molecule has 0 aliphatic carbocycles. The Morgan fingerprint density at radius 1 is 1.26 bits per heavy atom. The molecular weight excluding hydrogens is 242 g/mol. The van der Waals surface area contributed by atoms with Crippen LogP contribution in [0.15, 0.2) is 0 Å². The molecular formula is C14H29N3O2. The molecule has 0 saturated carbocycles. The maximum Gasteiger partial charge on any atom is 0.229 e. The van der Waals surface area contributed by atoms with Crippen LogP contribution in [0.3, 0.4) is 0 Å². The Balaban J connectivity index is 2.37. The van der Waals surface area contributed by atoms with Gasteiger partial charge < -0.3 is 19.9 Å².